The average molecular weight is 301 g/mol. The minimum atomic E-state index is -0.469. The molecular weight excluding hydrogens is 286 g/mol. The number of anilines is 1. The lowest BCUT2D eigenvalue weighted by atomic mass is 10.0. The summed E-state index contributed by atoms with van der Waals surface area (Å²) in [5.41, 5.74) is 1.03. The van der Waals surface area contributed by atoms with Crippen molar-refractivity contribution in [2.24, 2.45) is 0 Å². The van der Waals surface area contributed by atoms with Crippen molar-refractivity contribution in [3.05, 3.63) is 52.2 Å². The first-order valence-corrected chi connectivity index (χ1v) is 6.83. The summed E-state index contributed by atoms with van der Waals surface area (Å²) in [6, 6.07) is 8.86. The molecular formula is C15H15N3O4. The van der Waals surface area contributed by atoms with Gasteiger partial charge in [0.25, 0.3) is 5.69 Å². The van der Waals surface area contributed by atoms with Gasteiger partial charge in [-0.2, -0.15) is 0 Å². The number of methoxy groups -OCH3 is 1. The Morgan fingerprint density at radius 1 is 1.41 bits per heavy atom. The van der Waals surface area contributed by atoms with Crippen molar-refractivity contribution in [3.8, 4) is 11.5 Å². The van der Waals surface area contributed by atoms with Crippen LogP contribution < -0.4 is 14.8 Å². The number of rotatable bonds is 4. The maximum Gasteiger partial charge on any atom is 0.287 e. The number of pyridine rings is 1. The number of hydrogen-bond acceptors (Lipinski definition) is 6. The maximum atomic E-state index is 10.6. The number of benzene rings is 1. The highest BCUT2D eigenvalue weighted by atomic mass is 16.6. The van der Waals surface area contributed by atoms with Crippen molar-refractivity contribution in [1.29, 1.82) is 0 Å². The average Bonchev–Trinajstić information content (AvgIpc) is 2.54. The van der Waals surface area contributed by atoms with Crippen LogP contribution in [0.25, 0.3) is 0 Å². The lowest BCUT2D eigenvalue weighted by Gasteiger charge is -2.27. The van der Waals surface area contributed by atoms with Crippen molar-refractivity contribution in [2.75, 3.05) is 19.0 Å². The molecule has 0 saturated heterocycles. The van der Waals surface area contributed by atoms with Crippen molar-refractivity contribution in [3.63, 3.8) is 0 Å². The Kier molecular flexibility index (Phi) is 3.78. The zero-order chi connectivity index (χ0) is 15.5. The molecule has 1 aromatic heterocycles. The molecule has 0 radical (unpaired) electrons. The molecule has 0 aliphatic carbocycles. The van der Waals surface area contributed by atoms with Crippen LogP contribution in [0.5, 0.6) is 11.5 Å². The monoisotopic (exact) mass is 301 g/mol. The molecule has 1 N–H and O–H groups in total. The van der Waals surface area contributed by atoms with E-state index in [2.05, 4.69) is 10.3 Å². The molecule has 2 aromatic rings. The van der Waals surface area contributed by atoms with E-state index in [1.54, 1.807) is 13.2 Å². The van der Waals surface area contributed by atoms with E-state index in [-0.39, 0.29) is 11.7 Å². The molecule has 1 unspecified atom stereocenters. The normalized spacial score (nSPS) is 16.3. The van der Waals surface area contributed by atoms with Gasteiger partial charge in [-0.25, -0.2) is 4.98 Å². The SMILES string of the molecule is COc1cccc2c1OCC(Nc1ccc([N+](=O)[O-])cn1)C2. The predicted molar refractivity (Wildman–Crippen MR) is 80.5 cm³/mol. The highest BCUT2D eigenvalue weighted by Crippen LogP contribution is 2.35. The molecule has 0 fully saturated rings. The molecule has 7 nitrogen and oxygen atoms in total. The molecule has 1 aliphatic rings. The van der Waals surface area contributed by atoms with Crippen molar-refractivity contribution >= 4 is 11.5 Å². The van der Waals surface area contributed by atoms with E-state index < -0.39 is 4.92 Å². The van der Waals surface area contributed by atoms with Gasteiger partial charge < -0.3 is 14.8 Å². The topological polar surface area (TPSA) is 86.5 Å². The van der Waals surface area contributed by atoms with E-state index >= 15 is 0 Å². The van der Waals surface area contributed by atoms with Gasteiger partial charge in [0, 0.05) is 11.6 Å². The molecule has 0 amide bonds. The fourth-order valence-electron chi connectivity index (χ4n) is 2.44. The quantitative estimate of drug-likeness (QED) is 0.689. The number of para-hydroxylation sites is 1. The third-order valence-electron chi connectivity index (χ3n) is 3.49. The molecule has 1 aliphatic heterocycles. The standard InChI is InChI=1S/C15H15N3O4/c1-21-13-4-2-3-10-7-11(9-22-15(10)13)17-14-6-5-12(8-16-14)18(19)20/h2-6,8,11H,7,9H2,1H3,(H,16,17). The van der Waals surface area contributed by atoms with E-state index in [4.69, 9.17) is 9.47 Å². The number of hydrogen-bond donors (Lipinski definition) is 1. The number of nitro groups is 1. The maximum absolute atomic E-state index is 10.6. The van der Waals surface area contributed by atoms with Crippen LogP contribution >= 0.6 is 0 Å². The van der Waals surface area contributed by atoms with Crippen molar-refractivity contribution in [2.45, 2.75) is 12.5 Å². The fraction of sp³-hybridized carbons (Fsp3) is 0.267. The summed E-state index contributed by atoms with van der Waals surface area (Å²) >= 11 is 0. The summed E-state index contributed by atoms with van der Waals surface area (Å²) in [4.78, 5) is 14.2. The molecule has 2 heterocycles. The minimum absolute atomic E-state index is 0.0273. The minimum Gasteiger partial charge on any atom is -0.493 e. The number of ether oxygens (including phenoxy) is 2. The third kappa shape index (κ3) is 2.78. The first kappa shape index (κ1) is 14.1. The Bertz CT molecular complexity index is 688. The van der Waals surface area contributed by atoms with Gasteiger partial charge >= 0.3 is 0 Å². The number of nitrogens with zero attached hydrogens (tertiary/aromatic N) is 2. The van der Waals surface area contributed by atoms with Gasteiger partial charge in [0.2, 0.25) is 0 Å². The van der Waals surface area contributed by atoms with Crippen LogP contribution in [-0.4, -0.2) is 29.7 Å². The molecule has 114 valence electrons. The first-order chi connectivity index (χ1) is 10.7. The van der Waals surface area contributed by atoms with E-state index in [0.717, 1.165) is 23.5 Å². The summed E-state index contributed by atoms with van der Waals surface area (Å²) < 4.78 is 11.0. The summed E-state index contributed by atoms with van der Waals surface area (Å²) in [6.45, 7) is 0.478. The molecule has 22 heavy (non-hydrogen) atoms. The van der Waals surface area contributed by atoms with E-state index in [9.17, 15) is 10.1 Å². The number of nitrogens with one attached hydrogen (secondary N) is 1. The zero-order valence-electron chi connectivity index (χ0n) is 12.0. The Balaban J connectivity index is 1.71. The van der Waals surface area contributed by atoms with E-state index in [0.29, 0.717) is 12.4 Å². The zero-order valence-corrected chi connectivity index (χ0v) is 12.0. The molecule has 3 rings (SSSR count). The lowest BCUT2D eigenvalue weighted by Crippen LogP contribution is -2.33. The second kappa shape index (κ2) is 5.88. The van der Waals surface area contributed by atoms with Crippen LogP contribution in [0.2, 0.25) is 0 Å². The van der Waals surface area contributed by atoms with Crippen LogP contribution in [0.1, 0.15) is 5.56 Å². The second-order valence-electron chi connectivity index (χ2n) is 4.96. The van der Waals surface area contributed by atoms with E-state index in [1.807, 2.05) is 18.2 Å². The molecule has 1 aromatic carbocycles. The van der Waals surface area contributed by atoms with Gasteiger partial charge in [0.1, 0.15) is 18.6 Å². The highest BCUT2D eigenvalue weighted by molar-refractivity contribution is 5.49. The summed E-state index contributed by atoms with van der Waals surface area (Å²) in [5, 5.41) is 13.8. The lowest BCUT2D eigenvalue weighted by molar-refractivity contribution is -0.385. The predicted octanol–water partition coefficient (Wildman–Crippen LogP) is 2.41. The van der Waals surface area contributed by atoms with Crippen LogP contribution in [0.15, 0.2) is 36.5 Å². The van der Waals surface area contributed by atoms with Crippen molar-refractivity contribution < 1.29 is 14.4 Å². The van der Waals surface area contributed by atoms with Gasteiger partial charge in [0.05, 0.1) is 18.1 Å². The van der Waals surface area contributed by atoms with Gasteiger partial charge in [-0.3, -0.25) is 10.1 Å². The molecule has 0 saturated carbocycles. The van der Waals surface area contributed by atoms with Gasteiger partial charge in [-0.15, -0.1) is 0 Å². The van der Waals surface area contributed by atoms with Gasteiger partial charge in [-0.05, 0) is 18.6 Å². The second-order valence-corrected chi connectivity index (χ2v) is 4.96. The fourth-order valence-corrected chi connectivity index (χ4v) is 2.44. The Morgan fingerprint density at radius 2 is 2.27 bits per heavy atom. The third-order valence-corrected chi connectivity index (χ3v) is 3.49. The van der Waals surface area contributed by atoms with Crippen LogP contribution in [0, 0.1) is 10.1 Å². The Morgan fingerprint density at radius 3 is 2.95 bits per heavy atom. The van der Waals surface area contributed by atoms with Crippen molar-refractivity contribution in [1.82, 2.24) is 4.98 Å². The van der Waals surface area contributed by atoms with Gasteiger partial charge in [0.15, 0.2) is 11.5 Å². The van der Waals surface area contributed by atoms with Crippen LogP contribution in [0.4, 0.5) is 11.5 Å². The molecule has 7 heteroatoms. The largest absolute Gasteiger partial charge is 0.493 e. The number of aromatic nitrogens is 1. The first-order valence-electron chi connectivity index (χ1n) is 6.83. The number of fused-ring (bicyclic) bond motifs is 1. The smallest absolute Gasteiger partial charge is 0.287 e. The van der Waals surface area contributed by atoms with Crippen LogP contribution in [0.3, 0.4) is 0 Å². The summed E-state index contributed by atoms with van der Waals surface area (Å²) in [6.07, 6.45) is 2.01. The highest BCUT2D eigenvalue weighted by Gasteiger charge is 2.22. The summed E-state index contributed by atoms with van der Waals surface area (Å²) in [7, 11) is 1.62. The molecule has 0 bridgehead atoms. The van der Waals surface area contributed by atoms with Crippen LogP contribution in [-0.2, 0) is 6.42 Å². The molecule has 1 atom stereocenters. The Hall–Kier alpha value is -2.83. The van der Waals surface area contributed by atoms with E-state index in [1.165, 1.54) is 12.3 Å². The molecule has 0 spiro atoms. The Labute approximate surface area is 127 Å². The van der Waals surface area contributed by atoms with Gasteiger partial charge in [-0.1, -0.05) is 12.1 Å². The summed E-state index contributed by atoms with van der Waals surface area (Å²) in [5.74, 6) is 2.09.